The minimum Gasteiger partial charge on any atom is -0.467 e. The Morgan fingerprint density at radius 3 is 2.75 bits per heavy atom. The maximum Gasteiger partial charge on any atom is 0.344 e. The fourth-order valence-electron chi connectivity index (χ4n) is 3.24. The number of rotatable bonds is 9. The van der Waals surface area contributed by atoms with Gasteiger partial charge in [-0.2, -0.15) is 5.01 Å². The second-order valence-electron chi connectivity index (χ2n) is 6.83. The van der Waals surface area contributed by atoms with E-state index in [0.717, 1.165) is 22.5 Å². The number of anilines is 1. The quantitative estimate of drug-likeness (QED) is 0.320. The highest BCUT2D eigenvalue weighted by atomic mass is 32.2. The molecule has 1 aliphatic rings. The molecule has 1 unspecified atom stereocenters. The number of hydrogen-bond acceptors (Lipinski definition) is 9. The van der Waals surface area contributed by atoms with Crippen LogP contribution >= 0.6 is 23.1 Å². The molecule has 0 aliphatic carbocycles. The number of nitrogens with zero attached hydrogens (tertiary/aromatic N) is 3. The molecule has 166 valence electrons. The molecule has 3 heterocycles. The minimum atomic E-state index is -1.20. The second kappa shape index (κ2) is 9.40. The highest BCUT2D eigenvalue weighted by Gasteiger charge is 2.52. The minimum absolute atomic E-state index is 0.0334. The first kappa shape index (κ1) is 21.8. The Hall–Kier alpha value is -3.38. The highest BCUT2D eigenvalue weighted by molar-refractivity contribution is 8.01. The van der Waals surface area contributed by atoms with Gasteiger partial charge in [-0.3, -0.25) is 15.0 Å². The van der Waals surface area contributed by atoms with E-state index in [4.69, 9.17) is 4.42 Å². The summed E-state index contributed by atoms with van der Waals surface area (Å²) in [6.07, 6.45) is 1.94. The van der Waals surface area contributed by atoms with Crippen molar-refractivity contribution in [2.75, 3.05) is 11.1 Å². The van der Waals surface area contributed by atoms with Crippen LogP contribution < -0.4 is 16.1 Å². The maximum absolute atomic E-state index is 13.0. The van der Waals surface area contributed by atoms with Crippen LogP contribution in [0.15, 0.2) is 57.5 Å². The molecule has 3 N–H and O–H groups in total. The van der Waals surface area contributed by atoms with Crippen LogP contribution in [0.1, 0.15) is 24.7 Å². The third-order valence-corrected chi connectivity index (χ3v) is 6.87. The van der Waals surface area contributed by atoms with Gasteiger partial charge in [0.05, 0.1) is 18.6 Å². The lowest BCUT2D eigenvalue weighted by Crippen LogP contribution is -2.49. The van der Waals surface area contributed by atoms with Gasteiger partial charge in [0, 0.05) is 0 Å². The molecular formula is C20H20N6O4S2. The summed E-state index contributed by atoms with van der Waals surface area (Å²) in [6, 6.07) is 11.9. The molecule has 1 saturated heterocycles. The maximum atomic E-state index is 13.0. The average molecular weight is 473 g/mol. The van der Waals surface area contributed by atoms with Crippen molar-refractivity contribution in [1.82, 2.24) is 25.9 Å². The molecule has 0 spiro atoms. The number of amides is 4. The van der Waals surface area contributed by atoms with Crippen LogP contribution in [0.2, 0.25) is 0 Å². The standard InChI is InChI=1S/C20H20N6O4S2/c1-2-20(13-7-4-3-5-8-13)16(28)26(18(29)22-20)25-15(27)12-31-19-24-23-17(32-19)21-11-14-9-6-10-30-14/h3-10H,2,11-12H2,1H3,(H,21,23)(H,22,29)(H,25,27). The van der Waals surface area contributed by atoms with Crippen LogP contribution in [0.3, 0.4) is 0 Å². The van der Waals surface area contributed by atoms with Crippen LogP contribution in [0.4, 0.5) is 9.93 Å². The molecule has 0 radical (unpaired) electrons. The molecule has 4 rings (SSSR count). The van der Waals surface area contributed by atoms with E-state index in [1.165, 1.54) is 11.3 Å². The Labute approximate surface area is 191 Å². The van der Waals surface area contributed by atoms with Gasteiger partial charge in [-0.15, -0.1) is 10.2 Å². The molecule has 32 heavy (non-hydrogen) atoms. The predicted molar refractivity (Wildman–Crippen MR) is 119 cm³/mol. The SMILES string of the molecule is CCC1(c2ccccc2)NC(=O)N(NC(=O)CSc2nnc(NCc3ccco3)s2)C1=O. The summed E-state index contributed by atoms with van der Waals surface area (Å²) >= 11 is 2.45. The smallest absolute Gasteiger partial charge is 0.344 e. The molecule has 1 aromatic carbocycles. The van der Waals surface area contributed by atoms with E-state index in [1.807, 2.05) is 12.1 Å². The number of furan rings is 1. The van der Waals surface area contributed by atoms with Crippen LogP contribution in [0.5, 0.6) is 0 Å². The molecular weight excluding hydrogens is 452 g/mol. The number of hydrogen-bond donors (Lipinski definition) is 3. The third kappa shape index (κ3) is 4.46. The molecule has 10 nitrogen and oxygen atoms in total. The topological polar surface area (TPSA) is 129 Å². The van der Waals surface area contributed by atoms with Crippen molar-refractivity contribution in [2.24, 2.45) is 0 Å². The molecule has 12 heteroatoms. The fraction of sp³-hybridized carbons (Fsp3) is 0.250. The van der Waals surface area contributed by atoms with Gasteiger partial charge in [0.2, 0.25) is 11.0 Å². The van der Waals surface area contributed by atoms with E-state index in [9.17, 15) is 14.4 Å². The lowest BCUT2D eigenvalue weighted by molar-refractivity contribution is -0.138. The number of hydrazine groups is 1. The summed E-state index contributed by atoms with van der Waals surface area (Å²) in [5.74, 6) is -0.288. The summed E-state index contributed by atoms with van der Waals surface area (Å²) < 4.78 is 5.82. The largest absolute Gasteiger partial charge is 0.467 e. The number of carbonyl (C=O) groups excluding carboxylic acids is 3. The van der Waals surface area contributed by atoms with Crippen molar-refractivity contribution in [3.63, 3.8) is 0 Å². The van der Waals surface area contributed by atoms with Crippen molar-refractivity contribution in [3.05, 3.63) is 60.1 Å². The first-order valence-corrected chi connectivity index (χ1v) is 11.6. The summed E-state index contributed by atoms with van der Waals surface area (Å²) in [4.78, 5) is 37.9. The molecule has 1 fully saturated rings. The average Bonchev–Trinajstić information content (AvgIpc) is 3.54. The zero-order valence-corrected chi connectivity index (χ0v) is 18.7. The first-order valence-electron chi connectivity index (χ1n) is 9.76. The van der Waals surface area contributed by atoms with Gasteiger partial charge in [0.25, 0.3) is 5.91 Å². The highest BCUT2D eigenvalue weighted by Crippen LogP contribution is 2.31. The number of imide groups is 1. The van der Waals surface area contributed by atoms with Crippen LogP contribution in [0, 0.1) is 0 Å². The van der Waals surface area contributed by atoms with Crippen molar-refractivity contribution >= 4 is 46.1 Å². The predicted octanol–water partition coefficient (Wildman–Crippen LogP) is 2.72. The van der Waals surface area contributed by atoms with Crippen molar-refractivity contribution in [1.29, 1.82) is 0 Å². The molecule has 0 bridgehead atoms. The summed E-state index contributed by atoms with van der Waals surface area (Å²) in [5.41, 5.74) is 1.86. The van der Waals surface area contributed by atoms with Gasteiger partial charge < -0.3 is 15.1 Å². The molecule has 1 atom stereocenters. The van der Waals surface area contributed by atoms with E-state index in [-0.39, 0.29) is 5.75 Å². The summed E-state index contributed by atoms with van der Waals surface area (Å²) in [7, 11) is 0. The number of benzene rings is 1. The van der Waals surface area contributed by atoms with Crippen LogP contribution in [-0.4, -0.2) is 38.8 Å². The Kier molecular flexibility index (Phi) is 6.42. The Balaban J connectivity index is 1.32. The Morgan fingerprint density at radius 1 is 1.22 bits per heavy atom. The second-order valence-corrected chi connectivity index (χ2v) is 9.03. The van der Waals surface area contributed by atoms with Gasteiger partial charge in [0.1, 0.15) is 11.3 Å². The summed E-state index contributed by atoms with van der Waals surface area (Å²) in [6.45, 7) is 2.28. The Morgan fingerprint density at radius 2 is 2.03 bits per heavy atom. The number of urea groups is 1. The van der Waals surface area contributed by atoms with Gasteiger partial charge in [-0.05, 0) is 24.1 Å². The fourth-order valence-corrected chi connectivity index (χ4v) is 4.78. The van der Waals surface area contributed by atoms with E-state index in [1.54, 1.807) is 43.5 Å². The summed E-state index contributed by atoms with van der Waals surface area (Å²) in [5, 5.41) is 15.2. The Bertz CT molecular complexity index is 1100. The van der Waals surface area contributed by atoms with Crippen molar-refractivity contribution in [2.45, 2.75) is 29.8 Å². The molecule has 3 aromatic rings. The molecule has 0 saturated carbocycles. The van der Waals surface area contributed by atoms with Crippen LogP contribution in [-0.2, 0) is 21.7 Å². The molecule has 2 aromatic heterocycles. The van der Waals surface area contributed by atoms with Crippen molar-refractivity contribution < 1.29 is 18.8 Å². The van der Waals surface area contributed by atoms with Gasteiger partial charge >= 0.3 is 6.03 Å². The lowest BCUT2D eigenvalue weighted by atomic mass is 9.87. The van der Waals surface area contributed by atoms with E-state index in [0.29, 0.717) is 28.0 Å². The van der Waals surface area contributed by atoms with Crippen molar-refractivity contribution in [3.8, 4) is 0 Å². The van der Waals surface area contributed by atoms with Gasteiger partial charge in [-0.1, -0.05) is 60.4 Å². The third-order valence-electron chi connectivity index (χ3n) is 4.85. The van der Waals surface area contributed by atoms with E-state index >= 15 is 0 Å². The lowest BCUT2D eigenvalue weighted by Gasteiger charge is -2.25. The zero-order chi connectivity index (χ0) is 22.6. The molecule has 1 aliphatic heterocycles. The first-order chi connectivity index (χ1) is 15.5. The van der Waals surface area contributed by atoms with Gasteiger partial charge in [-0.25, -0.2) is 4.79 Å². The normalized spacial score (nSPS) is 18.0. The number of nitrogens with one attached hydrogen (secondary N) is 3. The van der Waals surface area contributed by atoms with Crippen LogP contribution in [0.25, 0.3) is 0 Å². The molecule has 4 amide bonds. The number of aromatic nitrogens is 2. The van der Waals surface area contributed by atoms with Gasteiger partial charge in [0.15, 0.2) is 4.34 Å². The number of carbonyl (C=O) groups is 3. The number of thioether (sulfide) groups is 1. The van der Waals surface area contributed by atoms with E-state index < -0.39 is 23.4 Å². The monoisotopic (exact) mass is 472 g/mol. The zero-order valence-electron chi connectivity index (χ0n) is 17.0. The van der Waals surface area contributed by atoms with E-state index in [2.05, 4.69) is 26.3 Å².